The minimum absolute atomic E-state index is 0.124. The number of guanidine groups is 1. The largest absolute Gasteiger partial charge is 0.356 e. The Morgan fingerprint density at radius 2 is 2.15 bits per heavy atom. The third-order valence-electron chi connectivity index (χ3n) is 4.36. The van der Waals surface area contributed by atoms with Crippen molar-refractivity contribution in [3.63, 3.8) is 0 Å². The highest BCUT2D eigenvalue weighted by molar-refractivity contribution is 7.11. The van der Waals surface area contributed by atoms with Crippen molar-refractivity contribution in [3.8, 4) is 5.69 Å². The first-order chi connectivity index (χ1) is 13.1. The molecule has 1 aromatic carbocycles. The lowest BCUT2D eigenvalue weighted by molar-refractivity contribution is 0.683. The van der Waals surface area contributed by atoms with Crippen molar-refractivity contribution in [2.45, 2.75) is 33.2 Å². The van der Waals surface area contributed by atoms with Gasteiger partial charge in [-0.3, -0.25) is 4.99 Å². The number of rotatable bonds is 6. The maximum atomic E-state index is 4.48. The fourth-order valence-electron chi connectivity index (χ4n) is 2.94. The summed E-state index contributed by atoms with van der Waals surface area (Å²) in [5, 5.41) is 12.3. The molecule has 0 aliphatic heterocycles. The molecule has 1 atom stereocenters. The Morgan fingerprint density at radius 1 is 1.30 bits per heavy atom. The predicted molar refractivity (Wildman–Crippen MR) is 112 cm³/mol. The molecule has 0 spiro atoms. The molecule has 3 aromatic rings. The van der Waals surface area contributed by atoms with E-state index in [9.17, 15) is 0 Å². The zero-order chi connectivity index (χ0) is 19.2. The number of aliphatic imine (C=N–C) groups is 1. The van der Waals surface area contributed by atoms with E-state index in [4.69, 9.17) is 0 Å². The van der Waals surface area contributed by atoms with Crippen molar-refractivity contribution >= 4 is 17.3 Å². The Kier molecular flexibility index (Phi) is 6.24. The molecule has 1 unspecified atom stereocenters. The van der Waals surface area contributed by atoms with Gasteiger partial charge in [0.05, 0.1) is 22.4 Å². The number of nitrogens with zero attached hydrogens (tertiary/aromatic N) is 4. The van der Waals surface area contributed by atoms with E-state index in [1.807, 2.05) is 23.9 Å². The van der Waals surface area contributed by atoms with Gasteiger partial charge >= 0.3 is 0 Å². The first-order valence-electron chi connectivity index (χ1n) is 9.07. The molecule has 0 amide bonds. The SMILES string of the molecule is CN=C(NCCc1sc(C)nc1C)NC(C)c1cccc(-n2cccn2)c1. The molecule has 0 aliphatic rings. The van der Waals surface area contributed by atoms with Crippen LogP contribution in [0, 0.1) is 13.8 Å². The second-order valence-electron chi connectivity index (χ2n) is 6.40. The fraction of sp³-hybridized carbons (Fsp3) is 0.350. The van der Waals surface area contributed by atoms with Crippen LogP contribution in [0.3, 0.4) is 0 Å². The van der Waals surface area contributed by atoms with Gasteiger partial charge in [0.1, 0.15) is 0 Å². The molecule has 6 nitrogen and oxygen atoms in total. The Morgan fingerprint density at radius 3 is 2.81 bits per heavy atom. The summed E-state index contributed by atoms with van der Waals surface area (Å²) in [5.74, 6) is 0.797. The van der Waals surface area contributed by atoms with Crippen molar-refractivity contribution in [1.82, 2.24) is 25.4 Å². The summed E-state index contributed by atoms with van der Waals surface area (Å²) in [6.45, 7) is 7.07. The van der Waals surface area contributed by atoms with Gasteiger partial charge in [-0.15, -0.1) is 11.3 Å². The predicted octanol–water partition coefficient (Wildman–Crippen LogP) is 3.41. The number of nitrogens with one attached hydrogen (secondary N) is 2. The normalized spacial score (nSPS) is 12.8. The molecule has 3 rings (SSSR count). The van der Waals surface area contributed by atoms with Gasteiger partial charge < -0.3 is 10.6 Å². The molecule has 2 aromatic heterocycles. The first-order valence-corrected chi connectivity index (χ1v) is 9.88. The lowest BCUT2D eigenvalue weighted by Gasteiger charge is -2.19. The van der Waals surface area contributed by atoms with Crippen LogP contribution in [0.15, 0.2) is 47.7 Å². The maximum Gasteiger partial charge on any atom is 0.191 e. The average Bonchev–Trinajstić information content (AvgIpc) is 3.31. The molecule has 0 bridgehead atoms. The van der Waals surface area contributed by atoms with E-state index in [0.29, 0.717) is 0 Å². The van der Waals surface area contributed by atoms with E-state index < -0.39 is 0 Å². The molecule has 2 N–H and O–H groups in total. The van der Waals surface area contributed by atoms with Crippen LogP contribution in [0.1, 0.15) is 34.1 Å². The van der Waals surface area contributed by atoms with Crippen LogP contribution in [-0.2, 0) is 6.42 Å². The molecular formula is C20H26N6S. The molecule has 0 fully saturated rings. The highest BCUT2D eigenvalue weighted by Crippen LogP contribution is 2.18. The third-order valence-corrected chi connectivity index (χ3v) is 5.49. The summed E-state index contributed by atoms with van der Waals surface area (Å²) in [7, 11) is 1.80. The van der Waals surface area contributed by atoms with Crippen LogP contribution >= 0.6 is 11.3 Å². The molecule has 2 heterocycles. The quantitative estimate of drug-likeness (QED) is 0.506. The summed E-state index contributed by atoms with van der Waals surface area (Å²) in [4.78, 5) is 10.2. The summed E-state index contributed by atoms with van der Waals surface area (Å²) < 4.78 is 1.86. The van der Waals surface area contributed by atoms with Gasteiger partial charge in [-0.25, -0.2) is 9.67 Å². The lowest BCUT2D eigenvalue weighted by Crippen LogP contribution is -2.39. The van der Waals surface area contributed by atoms with E-state index in [-0.39, 0.29) is 6.04 Å². The van der Waals surface area contributed by atoms with Crippen molar-refractivity contribution < 1.29 is 0 Å². The van der Waals surface area contributed by atoms with Crippen molar-refractivity contribution in [2.75, 3.05) is 13.6 Å². The summed E-state index contributed by atoms with van der Waals surface area (Å²) in [6, 6.07) is 10.4. The number of aromatic nitrogens is 3. The average molecular weight is 383 g/mol. The van der Waals surface area contributed by atoms with E-state index in [2.05, 4.69) is 63.8 Å². The molecule has 0 saturated carbocycles. The van der Waals surface area contributed by atoms with Crippen molar-refractivity contribution in [2.24, 2.45) is 4.99 Å². The summed E-state index contributed by atoms with van der Waals surface area (Å²) >= 11 is 1.77. The molecule has 0 radical (unpaired) electrons. The summed E-state index contributed by atoms with van der Waals surface area (Å²) in [6.07, 6.45) is 4.68. The Hall–Kier alpha value is -2.67. The molecular weight excluding hydrogens is 356 g/mol. The minimum atomic E-state index is 0.124. The molecule has 7 heteroatoms. The van der Waals surface area contributed by atoms with Crippen LogP contribution < -0.4 is 10.6 Å². The number of hydrogen-bond acceptors (Lipinski definition) is 4. The van der Waals surface area contributed by atoms with Crippen LogP contribution in [0.4, 0.5) is 0 Å². The Labute approximate surface area is 164 Å². The number of thiazole rings is 1. The van der Waals surface area contributed by atoms with Gasteiger partial charge in [-0.2, -0.15) is 5.10 Å². The van der Waals surface area contributed by atoms with Gasteiger partial charge in [0.2, 0.25) is 0 Å². The topological polar surface area (TPSA) is 67.1 Å². The van der Waals surface area contributed by atoms with Gasteiger partial charge in [-0.05, 0) is 44.5 Å². The highest BCUT2D eigenvalue weighted by atomic mass is 32.1. The van der Waals surface area contributed by atoms with Gasteiger partial charge in [-0.1, -0.05) is 12.1 Å². The monoisotopic (exact) mass is 382 g/mol. The molecule has 27 heavy (non-hydrogen) atoms. The zero-order valence-corrected chi connectivity index (χ0v) is 17.0. The van der Waals surface area contributed by atoms with Gasteiger partial charge in [0.15, 0.2) is 5.96 Å². The van der Waals surface area contributed by atoms with Gasteiger partial charge in [0.25, 0.3) is 0 Å². The highest BCUT2D eigenvalue weighted by Gasteiger charge is 2.10. The van der Waals surface area contributed by atoms with Crippen molar-refractivity contribution in [3.05, 3.63) is 63.9 Å². The Bertz CT molecular complexity index is 897. The number of hydrogen-bond donors (Lipinski definition) is 2. The smallest absolute Gasteiger partial charge is 0.191 e. The van der Waals surface area contributed by atoms with Crippen LogP contribution in [0.2, 0.25) is 0 Å². The molecule has 142 valence electrons. The van der Waals surface area contributed by atoms with Crippen LogP contribution in [0.5, 0.6) is 0 Å². The third kappa shape index (κ3) is 4.95. The first kappa shape index (κ1) is 19.1. The second-order valence-corrected chi connectivity index (χ2v) is 7.69. The zero-order valence-electron chi connectivity index (χ0n) is 16.2. The number of benzene rings is 1. The van der Waals surface area contributed by atoms with Crippen molar-refractivity contribution in [1.29, 1.82) is 0 Å². The number of aryl methyl sites for hydroxylation is 2. The van der Waals surface area contributed by atoms with Crippen LogP contribution in [-0.4, -0.2) is 34.3 Å². The Balaban J connectivity index is 1.58. The lowest BCUT2D eigenvalue weighted by atomic mass is 10.1. The minimum Gasteiger partial charge on any atom is -0.356 e. The molecule has 0 aliphatic carbocycles. The maximum absolute atomic E-state index is 4.48. The van der Waals surface area contributed by atoms with Gasteiger partial charge in [0, 0.05) is 37.3 Å². The van der Waals surface area contributed by atoms with E-state index in [1.54, 1.807) is 24.6 Å². The van der Waals surface area contributed by atoms with E-state index in [0.717, 1.165) is 35.3 Å². The standard InChI is InChI=1S/C20H26N6S/c1-14(17-7-5-8-18(13-17)26-12-6-10-23-26)25-20(21-4)22-11-9-19-15(2)24-16(3)27-19/h5-8,10,12-14H,9,11H2,1-4H3,(H2,21,22,25). The van der Waals surface area contributed by atoms with E-state index >= 15 is 0 Å². The van der Waals surface area contributed by atoms with E-state index in [1.165, 1.54) is 10.4 Å². The molecule has 0 saturated heterocycles. The fourth-order valence-corrected chi connectivity index (χ4v) is 3.88. The summed E-state index contributed by atoms with van der Waals surface area (Å²) in [5.41, 5.74) is 3.36. The van der Waals surface area contributed by atoms with Crippen LogP contribution in [0.25, 0.3) is 5.69 Å². The second kappa shape index (κ2) is 8.81.